The third-order valence-electron chi connectivity index (χ3n) is 2.84. The Labute approximate surface area is 118 Å². The highest BCUT2D eigenvalue weighted by Gasteiger charge is 2.31. The van der Waals surface area contributed by atoms with E-state index < -0.39 is 12.3 Å². The van der Waals surface area contributed by atoms with E-state index in [1.165, 1.54) is 12.1 Å². The van der Waals surface area contributed by atoms with Crippen LogP contribution in [-0.2, 0) is 0 Å². The summed E-state index contributed by atoms with van der Waals surface area (Å²) in [5.74, 6) is -0.470. The molecule has 0 aliphatic rings. The number of carbonyl (C=O) groups excluding carboxylic acids is 1. The van der Waals surface area contributed by atoms with Crippen LogP contribution in [0.1, 0.15) is 21.6 Å². The molecule has 0 spiro atoms. The van der Waals surface area contributed by atoms with Crippen molar-refractivity contribution < 1.29 is 22.7 Å². The molecule has 21 heavy (non-hydrogen) atoms. The van der Waals surface area contributed by atoms with Crippen LogP contribution >= 0.6 is 0 Å². The maximum absolute atomic E-state index is 12.0. The fourth-order valence-electron chi connectivity index (χ4n) is 1.59. The molecule has 0 fully saturated rings. The first-order valence-corrected chi connectivity index (χ1v) is 5.95. The van der Waals surface area contributed by atoms with Crippen molar-refractivity contribution >= 4 is 11.7 Å². The number of halogens is 3. The number of H-pyrrole nitrogens is 1. The van der Waals surface area contributed by atoms with Gasteiger partial charge in [0.2, 0.25) is 0 Å². The lowest BCUT2D eigenvalue weighted by atomic mass is 10.2. The van der Waals surface area contributed by atoms with Gasteiger partial charge in [-0.25, -0.2) is 0 Å². The molecule has 1 aromatic heterocycles. The molecule has 1 amide bonds. The molecule has 1 heterocycles. The molecule has 5 nitrogen and oxygen atoms in total. The van der Waals surface area contributed by atoms with Gasteiger partial charge in [0.05, 0.1) is 0 Å². The standard InChI is InChI=1S/C13H12F3N3O2/c1-7-8(2)18-19-11(7)17-12(20)9-3-5-10(6-4-9)21-13(14,15)16/h3-6H,1-2H3,(H2,17,18,19,20). The highest BCUT2D eigenvalue weighted by atomic mass is 19.4. The zero-order valence-electron chi connectivity index (χ0n) is 11.2. The minimum atomic E-state index is -4.76. The number of nitrogens with zero attached hydrogens (tertiary/aromatic N) is 1. The number of amides is 1. The van der Waals surface area contributed by atoms with E-state index in [0.29, 0.717) is 5.82 Å². The minimum absolute atomic E-state index is 0.199. The first kappa shape index (κ1) is 14.9. The second-order valence-electron chi connectivity index (χ2n) is 4.35. The van der Waals surface area contributed by atoms with Gasteiger partial charge in [-0.15, -0.1) is 13.2 Å². The molecular formula is C13H12F3N3O2. The van der Waals surface area contributed by atoms with Crippen molar-refractivity contribution in [2.75, 3.05) is 5.32 Å². The molecule has 2 N–H and O–H groups in total. The number of benzene rings is 1. The molecular weight excluding hydrogens is 287 g/mol. The smallest absolute Gasteiger partial charge is 0.406 e. The summed E-state index contributed by atoms with van der Waals surface area (Å²) in [4.78, 5) is 11.9. The zero-order chi connectivity index (χ0) is 15.6. The summed E-state index contributed by atoms with van der Waals surface area (Å²) in [7, 11) is 0. The molecule has 0 saturated heterocycles. The monoisotopic (exact) mass is 299 g/mol. The molecule has 112 valence electrons. The second-order valence-corrected chi connectivity index (χ2v) is 4.35. The van der Waals surface area contributed by atoms with Gasteiger partial charge in [-0.1, -0.05) is 0 Å². The van der Waals surface area contributed by atoms with Gasteiger partial charge in [-0.2, -0.15) is 5.10 Å². The highest BCUT2D eigenvalue weighted by Crippen LogP contribution is 2.23. The molecule has 2 rings (SSSR count). The number of hydrogen-bond donors (Lipinski definition) is 2. The predicted molar refractivity (Wildman–Crippen MR) is 69.1 cm³/mol. The maximum Gasteiger partial charge on any atom is 0.573 e. The molecule has 8 heteroatoms. The lowest BCUT2D eigenvalue weighted by Gasteiger charge is -2.09. The second kappa shape index (κ2) is 5.47. The first-order valence-electron chi connectivity index (χ1n) is 5.95. The van der Waals surface area contributed by atoms with Crippen LogP contribution < -0.4 is 10.1 Å². The topological polar surface area (TPSA) is 67.0 Å². The van der Waals surface area contributed by atoms with Crippen molar-refractivity contribution in [2.24, 2.45) is 0 Å². The number of anilines is 1. The average molecular weight is 299 g/mol. The Kier molecular flexibility index (Phi) is 3.88. The Morgan fingerprint density at radius 1 is 1.24 bits per heavy atom. The van der Waals surface area contributed by atoms with Crippen LogP contribution in [0.2, 0.25) is 0 Å². The third-order valence-corrected chi connectivity index (χ3v) is 2.84. The van der Waals surface area contributed by atoms with Crippen LogP contribution in [0.4, 0.5) is 19.0 Å². The van der Waals surface area contributed by atoms with Crippen molar-refractivity contribution in [1.82, 2.24) is 10.2 Å². The molecule has 1 aromatic carbocycles. The summed E-state index contributed by atoms with van der Waals surface area (Å²) < 4.78 is 39.8. The number of hydrogen-bond acceptors (Lipinski definition) is 3. The number of aryl methyl sites for hydroxylation is 1. The lowest BCUT2D eigenvalue weighted by Crippen LogP contribution is -2.17. The van der Waals surface area contributed by atoms with E-state index in [1.54, 1.807) is 13.8 Å². The van der Waals surface area contributed by atoms with Crippen molar-refractivity contribution in [3.63, 3.8) is 0 Å². The molecule has 0 saturated carbocycles. The number of carbonyl (C=O) groups is 1. The van der Waals surface area contributed by atoms with Gasteiger partial charge in [-0.3, -0.25) is 9.89 Å². The van der Waals surface area contributed by atoms with Crippen molar-refractivity contribution in [3.8, 4) is 5.75 Å². The first-order chi connectivity index (χ1) is 9.76. The van der Waals surface area contributed by atoms with E-state index in [-0.39, 0.29) is 11.3 Å². The summed E-state index contributed by atoms with van der Waals surface area (Å²) in [5, 5.41) is 9.21. The molecule has 0 aliphatic carbocycles. The zero-order valence-corrected chi connectivity index (χ0v) is 11.2. The van der Waals surface area contributed by atoms with Crippen molar-refractivity contribution in [3.05, 3.63) is 41.1 Å². The van der Waals surface area contributed by atoms with Crippen LogP contribution in [0.5, 0.6) is 5.75 Å². The van der Waals surface area contributed by atoms with Crippen LogP contribution in [-0.4, -0.2) is 22.5 Å². The normalized spacial score (nSPS) is 11.3. The van der Waals surface area contributed by atoms with Crippen LogP contribution in [0.25, 0.3) is 0 Å². The lowest BCUT2D eigenvalue weighted by molar-refractivity contribution is -0.274. The largest absolute Gasteiger partial charge is 0.573 e. The summed E-state index contributed by atoms with van der Waals surface area (Å²) >= 11 is 0. The van der Waals surface area contributed by atoms with Gasteiger partial charge in [0, 0.05) is 16.8 Å². The maximum atomic E-state index is 12.0. The van der Waals surface area contributed by atoms with Gasteiger partial charge in [-0.05, 0) is 38.1 Å². The third kappa shape index (κ3) is 3.74. The van der Waals surface area contributed by atoms with Crippen molar-refractivity contribution in [2.45, 2.75) is 20.2 Å². The molecule has 2 aromatic rings. The molecule has 0 atom stereocenters. The predicted octanol–water partition coefficient (Wildman–Crippen LogP) is 3.18. The summed E-state index contributed by atoms with van der Waals surface area (Å²) in [5.41, 5.74) is 1.81. The molecule has 0 radical (unpaired) electrons. The summed E-state index contributed by atoms with van der Waals surface area (Å²) in [6.45, 7) is 3.59. The molecule has 0 bridgehead atoms. The Hall–Kier alpha value is -2.51. The Bertz CT molecular complexity index is 648. The molecule has 0 unspecified atom stereocenters. The number of nitrogens with one attached hydrogen (secondary N) is 2. The fraction of sp³-hybridized carbons (Fsp3) is 0.231. The van der Waals surface area contributed by atoms with E-state index in [9.17, 15) is 18.0 Å². The van der Waals surface area contributed by atoms with Gasteiger partial charge < -0.3 is 10.1 Å². The minimum Gasteiger partial charge on any atom is -0.406 e. The number of rotatable bonds is 3. The van der Waals surface area contributed by atoms with E-state index in [0.717, 1.165) is 23.4 Å². The Morgan fingerprint density at radius 3 is 2.33 bits per heavy atom. The van der Waals surface area contributed by atoms with E-state index >= 15 is 0 Å². The number of ether oxygens (including phenoxy) is 1. The average Bonchev–Trinajstić information content (AvgIpc) is 2.69. The quantitative estimate of drug-likeness (QED) is 0.914. The van der Waals surface area contributed by atoms with Gasteiger partial charge >= 0.3 is 6.36 Å². The summed E-state index contributed by atoms with van der Waals surface area (Å²) in [6.07, 6.45) is -4.76. The van der Waals surface area contributed by atoms with Crippen LogP contribution in [0, 0.1) is 13.8 Å². The van der Waals surface area contributed by atoms with E-state index in [2.05, 4.69) is 20.3 Å². The summed E-state index contributed by atoms with van der Waals surface area (Å²) in [6, 6.07) is 4.63. The number of aromatic nitrogens is 2. The Balaban J connectivity index is 2.08. The van der Waals surface area contributed by atoms with E-state index in [4.69, 9.17) is 0 Å². The molecule has 0 aliphatic heterocycles. The van der Waals surface area contributed by atoms with E-state index in [1.807, 2.05) is 0 Å². The van der Waals surface area contributed by atoms with Gasteiger partial charge in [0.15, 0.2) is 5.82 Å². The van der Waals surface area contributed by atoms with Crippen molar-refractivity contribution in [1.29, 1.82) is 0 Å². The number of alkyl halides is 3. The fourth-order valence-corrected chi connectivity index (χ4v) is 1.59. The van der Waals surface area contributed by atoms with Crippen LogP contribution in [0.15, 0.2) is 24.3 Å². The highest BCUT2D eigenvalue weighted by molar-refractivity contribution is 6.04. The SMILES string of the molecule is Cc1[nH]nc(NC(=O)c2ccc(OC(F)(F)F)cc2)c1C. The Morgan fingerprint density at radius 2 is 1.86 bits per heavy atom. The van der Waals surface area contributed by atoms with Gasteiger partial charge in [0.1, 0.15) is 5.75 Å². The van der Waals surface area contributed by atoms with Gasteiger partial charge in [0.25, 0.3) is 5.91 Å². The number of aromatic amines is 1. The van der Waals surface area contributed by atoms with Crippen LogP contribution in [0.3, 0.4) is 0 Å².